The van der Waals surface area contributed by atoms with Crippen molar-refractivity contribution in [1.82, 2.24) is 4.90 Å². The highest BCUT2D eigenvalue weighted by Crippen LogP contribution is 2.28. The van der Waals surface area contributed by atoms with Crippen molar-refractivity contribution >= 4 is 18.0 Å². The van der Waals surface area contributed by atoms with E-state index in [1.54, 1.807) is 18.2 Å². The maximum absolute atomic E-state index is 12.4. The van der Waals surface area contributed by atoms with Crippen LogP contribution in [0.5, 0.6) is 0 Å². The zero-order valence-corrected chi connectivity index (χ0v) is 14.9. The van der Waals surface area contributed by atoms with Crippen LogP contribution in [0.3, 0.4) is 0 Å². The number of likely N-dealkylation sites (tertiary alicyclic amines) is 1. The fraction of sp³-hybridized carbons (Fsp3) is 0.273. The molecule has 1 heterocycles. The molecule has 26 heavy (non-hydrogen) atoms. The average molecular weight is 349 g/mol. The maximum atomic E-state index is 12.4. The van der Waals surface area contributed by atoms with Crippen LogP contribution < -0.4 is 0 Å². The number of carbonyl (C=O) groups excluding carboxylic acids is 2. The number of methoxy groups -OCH3 is 1. The van der Waals surface area contributed by atoms with E-state index in [0.29, 0.717) is 11.5 Å². The Hall–Kier alpha value is -2.88. The predicted molar refractivity (Wildman–Crippen MR) is 102 cm³/mol. The molecular formula is C22H23NO3. The minimum atomic E-state index is -0.317. The third kappa shape index (κ3) is 4.39. The van der Waals surface area contributed by atoms with Crippen LogP contribution in [0.15, 0.2) is 60.7 Å². The molecule has 0 bridgehead atoms. The first-order chi connectivity index (χ1) is 12.7. The zero-order valence-electron chi connectivity index (χ0n) is 14.9. The molecule has 4 nitrogen and oxygen atoms in total. The molecule has 4 heteroatoms. The van der Waals surface area contributed by atoms with Crippen molar-refractivity contribution in [3.8, 4) is 0 Å². The Morgan fingerprint density at radius 3 is 2.27 bits per heavy atom. The number of rotatable bonds is 4. The van der Waals surface area contributed by atoms with E-state index in [0.717, 1.165) is 31.5 Å². The van der Waals surface area contributed by atoms with E-state index in [-0.39, 0.29) is 11.9 Å². The number of hydrogen-bond acceptors (Lipinski definition) is 3. The van der Waals surface area contributed by atoms with Crippen molar-refractivity contribution in [3.63, 3.8) is 0 Å². The number of esters is 1. The van der Waals surface area contributed by atoms with Crippen LogP contribution in [0.25, 0.3) is 6.08 Å². The molecule has 2 aromatic carbocycles. The first-order valence-electron chi connectivity index (χ1n) is 8.87. The van der Waals surface area contributed by atoms with Gasteiger partial charge in [0, 0.05) is 19.2 Å². The summed E-state index contributed by atoms with van der Waals surface area (Å²) in [5, 5.41) is 0. The van der Waals surface area contributed by atoms with Crippen molar-refractivity contribution < 1.29 is 14.3 Å². The van der Waals surface area contributed by atoms with Gasteiger partial charge >= 0.3 is 5.97 Å². The number of amides is 1. The maximum Gasteiger partial charge on any atom is 0.337 e. The molecule has 0 unspecified atom stereocenters. The van der Waals surface area contributed by atoms with E-state index in [1.807, 2.05) is 53.4 Å². The fourth-order valence-corrected chi connectivity index (χ4v) is 3.28. The fourth-order valence-electron chi connectivity index (χ4n) is 3.28. The van der Waals surface area contributed by atoms with Crippen LogP contribution in [0.4, 0.5) is 0 Å². The van der Waals surface area contributed by atoms with E-state index < -0.39 is 0 Å². The predicted octanol–water partition coefficient (Wildman–Crippen LogP) is 3.89. The van der Waals surface area contributed by atoms with Crippen LogP contribution in [-0.2, 0) is 9.53 Å². The Labute approximate surface area is 154 Å². The zero-order chi connectivity index (χ0) is 18.4. The Bertz CT molecular complexity index is 773. The van der Waals surface area contributed by atoms with Crippen molar-refractivity contribution in [3.05, 3.63) is 77.4 Å². The van der Waals surface area contributed by atoms with Crippen molar-refractivity contribution in [2.24, 2.45) is 0 Å². The number of carbonyl (C=O) groups is 2. The van der Waals surface area contributed by atoms with Crippen LogP contribution in [-0.4, -0.2) is 37.0 Å². The molecule has 0 aromatic heterocycles. The van der Waals surface area contributed by atoms with Crippen LogP contribution >= 0.6 is 0 Å². The molecule has 2 aromatic rings. The smallest absolute Gasteiger partial charge is 0.337 e. The van der Waals surface area contributed by atoms with Crippen LogP contribution in [0.2, 0.25) is 0 Å². The average Bonchev–Trinajstić information content (AvgIpc) is 2.72. The van der Waals surface area contributed by atoms with Gasteiger partial charge in [0.1, 0.15) is 0 Å². The van der Waals surface area contributed by atoms with Gasteiger partial charge in [-0.2, -0.15) is 0 Å². The lowest BCUT2D eigenvalue weighted by molar-refractivity contribution is -0.126. The van der Waals surface area contributed by atoms with Gasteiger partial charge in [-0.15, -0.1) is 0 Å². The summed E-state index contributed by atoms with van der Waals surface area (Å²) in [6.45, 7) is 1.50. The molecule has 0 atom stereocenters. The second kappa shape index (κ2) is 8.48. The third-order valence-electron chi connectivity index (χ3n) is 4.83. The van der Waals surface area contributed by atoms with Crippen LogP contribution in [0, 0.1) is 0 Å². The summed E-state index contributed by atoms with van der Waals surface area (Å²) in [6, 6.07) is 17.4. The quantitative estimate of drug-likeness (QED) is 0.621. The van der Waals surface area contributed by atoms with E-state index in [9.17, 15) is 9.59 Å². The van der Waals surface area contributed by atoms with Crippen molar-refractivity contribution in [2.75, 3.05) is 20.2 Å². The molecule has 0 radical (unpaired) electrons. The molecule has 1 aliphatic rings. The number of benzene rings is 2. The van der Waals surface area contributed by atoms with E-state index in [2.05, 4.69) is 0 Å². The molecule has 0 N–H and O–H groups in total. The highest BCUT2D eigenvalue weighted by atomic mass is 16.5. The summed E-state index contributed by atoms with van der Waals surface area (Å²) >= 11 is 0. The molecule has 0 saturated carbocycles. The highest BCUT2D eigenvalue weighted by Gasteiger charge is 2.22. The number of nitrogens with zero attached hydrogens (tertiary/aromatic N) is 1. The molecule has 1 aliphatic heterocycles. The first-order valence-corrected chi connectivity index (χ1v) is 8.87. The molecule has 134 valence electrons. The summed E-state index contributed by atoms with van der Waals surface area (Å²) in [5.41, 5.74) is 2.81. The number of hydrogen-bond donors (Lipinski definition) is 0. The molecular weight excluding hydrogens is 326 g/mol. The molecule has 1 amide bonds. The van der Waals surface area contributed by atoms with E-state index in [4.69, 9.17) is 4.74 Å². The summed E-state index contributed by atoms with van der Waals surface area (Å²) < 4.78 is 4.73. The molecule has 1 fully saturated rings. The number of piperidine rings is 1. The molecule has 0 spiro atoms. The van der Waals surface area contributed by atoms with Gasteiger partial charge in [0.2, 0.25) is 5.91 Å². The minimum absolute atomic E-state index is 0.0633. The second-order valence-corrected chi connectivity index (χ2v) is 6.46. The molecule has 0 aliphatic carbocycles. The Kier molecular flexibility index (Phi) is 5.84. The van der Waals surface area contributed by atoms with Gasteiger partial charge in [0.05, 0.1) is 12.7 Å². The van der Waals surface area contributed by atoms with E-state index in [1.165, 1.54) is 12.7 Å². The summed E-state index contributed by atoms with van der Waals surface area (Å²) in [6.07, 6.45) is 5.38. The lowest BCUT2D eigenvalue weighted by atomic mass is 9.89. The van der Waals surface area contributed by atoms with Gasteiger partial charge in [0.15, 0.2) is 0 Å². The van der Waals surface area contributed by atoms with Gasteiger partial charge in [0.25, 0.3) is 0 Å². The summed E-state index contributed by atoms with van der Waals surface area (Å²) in [5.74, 6) is 0.166. The van der Waals surface area contributed by atoms with E-state index >= 15 is 0 Å². The molecule has 3 rings (SSSR count). The Balaban J connectivity index is 1.54. The Morgan fingerprint density at radius 2 is 1.65 bits per heavy atom. The third-order valence-corrected chi connectivity index (χ3v) is 4.83. The SMILES string of the molecule is COC(=O)c1ccc(C2CCN(C(=O)/C=C/c3ccccc3)CC2)cc1. The minimum Gasteiger partial charge on any atom is -0.465 e. The van der Waals surface area contributed by atoms with Crippen molar-refractivity contribution in [1.29, 1.82) is 0 Å². The van der Waals surface area contributed by atoms with Crippen LogP contribution in [0.1, 0.15) is 40.2 Å². The van der Waals surface area contributed by atoms with Gasteiger partial charge in [-0.3, -0.25) is 4.79 Å². The van der Waals surface area contributed by atoms with Gasteiger partial charge in [-0.1, -0.05) is 42.5 Å². The summed E-state index contributed by atoms with van der Waals surface area (Å²) in [4.78, 5) is 25.8. The lowest BCUT2D eigenvalue weighted by Crippen LogP contribution is -2.36. The van der Waals surface area contributed by atoms with Crippen molar-refractivity contribution in [2.45, 2.75) is 18.8 Å². The van der Waals surface area contributed by atoms with Gasteiger partial charge < -0.3 is 9.64 Å². The standard InChI is InChI=1S/C22H23NO3/c1-26-22(25)20-10-8-18(9-11-20)19-13-15-23(16-14-19)21(24)12-7-17-5-3-2-4-6-17/h2-12,19H,13-16H2,1H3/b12-7+. The largest absolute Gasteiger partial charge is 0.465 e. The monoisotopic (exact) mass is 349 g/mol. The second-order valence-electron chi connectivity index (χ2n) is 6.46. The molecule has 1 saturated heterocycles. The highest BCUT2D eigenvalue weighted by molar-refractivity contribution is 5.92. The van der Waals surface area contributed by atoms with Gasteiger partial charge in [-0.25, -0.2) is 4.79 Å². The Morgan fingerprint density at radius 1 is 1.00 bits per heavy atom. The summed E-state index contributed by atoms with van der Waals surface area (Å²) in [7, 11) is 1.38. The number of ether oxygens (including phenoxy) is 1. The lowest BCUT2D eigenvalue weighted by Gasteiger charge is -2.31. The first kappa shape index (κ1) is 17.9. The topological polar surface area (TPSA) is 46.6 Å². The normalized spacial score (nSPS) is 15.2. The van der Waals surface area contributed by atoms with Gasteiger partial charge in [-0.05, 0) is 48.1 Å².